The van der Waals surface area contributed by atoms with Crippen LogP contribution in [-0.2, 0) is 0 Å². The molecule has 0 aliphatic carbocycles. The van der Waals surface area contributed by atoms with Gasteiger partial charge in [0.25, 0.3) is 0 Å². The summed E-state index contributed by atoms with van der Waals surface area (Å²) in [4.78, 5) is 7.10. The smallest absolute Gasteiger partial charge is 0.191 e. The van der Waals surface area contributed by atoms with Gasteiger partial charge in [0.05, 0.1) is 11.9 Å². The van der Waals surface area contributed by atoms with Crippen LogP contribution in [0.1, 0.15) is 11.1 Å². The number of nitrogens with one attached hydrogen (secondary N) is 2. The molecule has 1 atom stereocenters. The minimum Gasteiger partial charge on any atom is -0.314 e. The fourth-order valence-electron chi connectivity index (χ4n) is 2.45. The highest BCUT2D eigenvalue weighted by Crippen LogP contribution is 2.12. The van der Waals surface area contributed by atoms with Crippen molar-refractivity contribution in [3.05, 3.63) is 35.4 Å². The fraction of sp³-hybridized carbons (Fsp3) is 0.429. The van der Waals surface area contributed by atoms with E-state index in [4.69, 9.17) is 4.99 Å². The molecule has 100 valence electrons. The highest BCUT2D eigenvalue weighted by atomic mass is 15.5. The molecule has 2 aliphatic heterocycles. The van der Waals surface area contributed by atoms with Crippen molar-refractivity contribution >= 4 is 11.9 Å². The van der Waals surface area contributed by atoms with Gasteiger partial charge in [0.1, 0.15) is 0 Å². The third-order valence-corrected chi connectivity index (χ3v) is 3.56. The molecule has 2 N–H and O–H groups in total. The van der Waals surface area contributed by atoms with Crippen molar-refractivity contribution in [2.75, 3.05) is 26.2 Å². The van der Waals surface area contributed by atoms with E-state index in [0.717, 1.165) is 37.5 Å². The number of nitrogens with zero attached hydrogens (tertiary/aromatic N) is 3. The average Bonchev–Trinajstić information content (AvgIpc) is 2.49. The summed E-state index contributed by atoms with van der Waals surface area (Å²) < 4.78 is 0. The Hall–Kier alpha value is -1.72. The fourth-order valence-corrected chi connectivity index (χ4v) is 2.45. The van der Waals surface area contributed by atoms with Crippen LogP contribution in [0.5, 0.6) is 0 Å². The highest BCUT2D eigenvalue weighted by Gasteiger charge is 2.21. The van der Waals surface area contributed by atoms with E-state index in [2.05, 4.69) is 39.8 Å². The molecule has 2 aliphatic rings. The molecular formula is C14H19N5. The third kappa shape index (κ3) is 2.67. The minimum absolute atomic E-state index is 0.0401. The molecule has 0 aromatic heterocycles. The first kappa shape index (κ1) is 12.3. The number of aryl methyl sites for hydroxylation is 1. The standard InChI is InChI=1S/C14H19N5/c1-11-4-2-3-5-12(11)13-10-16-18-14(17-13)19-8-6-15-7-9-19/h2-5,10,14-15,18H,6-9H2,1H3. The van der Waals surface area contributed by atoms with E-state index in [1.807, 2.05) is 12.1 Å². The lowest BCUT2D eigenvalue weighted by molar-refractivity contribution is 0.152. The van der Waals surface area contributed by atoms with Crippen molar-refractivity contribution in [2.45, 2.75) is 13.2 Å². The van der Waals surface area contributed by atoms with E-state index in [1.165, 1.54) is 5.56 Å². The number of aliphatic imine (C=N–C) groups is 1. The molecular weight excluding hydrogens is 238 g/mol. The summed E-state index contributed by atoms with van der Waals surface area (Å²) in [5.41, 5.74) is 6.44. The van der Waals surface area contributed by atoms with Crippen LogP contribution in [-0.4, -0.2) is 49.3 Å². The second-order valence-electron chi connectivity index (χ2n) is 4.88. The van der Waals surface area contributed by atoms with Crippen LogP contribution < -0.4 is 10.7 Å². The van der Waals surface area contributed by atoms with Gasteiger partial charge in [-0.2, -0.15) is 5.10 Å². The van der Waals surface area contributed by atoms with Crippen molar-refractivity contribution in [2.24, 2.45) is 10.1 Å². The Labute approximate surface area is 113 Å². The number of hydrogen-bond donors (Lipinski definition) is 2. The molecule has 0 spiro atoms. The lowest BCUT2D eigenvalue weighted by Crippen LogP contribution is -2.53. The number of benzene rings is 1. The first-order valence-electron chi connectivity index (χ1n) is 6.72. The third-order valence-electron chi connectivity index (χ3n) is 3.56. The van der Waals surface area contributed by atoms with Crippen LogP contribution >= 0.6 is 0 Å². The van der Waals surface area contributed by atoms with Gasteiger partial charge in [-0.3, -0.25) is 10.3 Å². The highest BCUT2D eigenvalue weighted by molar-refractivity contribution is 6.38. The Morgan fingerprint density at radius 1 is 1.21 bits per heavy atom. The molecule has 19 heavy (non-hydrogen) atoms. The van der Waals surface area contributed by atoms with Crippen LogP contribution in [0, 0.1) is 6.92 Å². The molecule has 1 fully saturated rings. The van der Waals surface area contributed by atoms with Crippen molar-refractivity contribution < 1.29 is 0 Å². The summed E-state index contributed by atoms with van der Waals surface area (Å²) in [5.74, 6) is 0. The molecule has 0 bridgehead atoms. The SMILES string of the molecule is Cc1ccccc1C1=NC(N2CCNCC2)NN=C1. The van der Waals surface area contributed by atoms with Crippen LogP contribution in [0.3, 0.4) is 0 Å². The second kappa shape index (κ2) is 5.50. The van der Waals surface area contributed by atoms with Crippen molar-refractivity contribution in [1.29, 1.82) is 0 Å². The Bertz CT molecular complexity index is 502. The quantitative estimate of drug-likeness (QED) is 0.814. The number of piperazine rings is 1. The summed E-state index contributed by atoms with van der Waals surface area (Å²) in [6.45, 7) is 6.12. The van der Waals surface area contributed by atoms with E-state index in [0.29, 0.717) is 0 Å². The number of rotatable bonds is 2. The maximum absolute atomic E-state index is 4.79. The van der Waals surface area contributed by atoms with Gasteiger partial charge in [0.2, 0.25) is 0 Å². The molecule has 2 heterocycles. The predicted molar refractivity (Wildman–Crippen MR) is 77.6 cm³/mol. The van der Waals surface area contributed by atoms with E-state index < -0.39 is 0 Å². The van der Waals surface area contributed by atoms with Crippen LogP contribution in [0.15, 0.2) is 34.4 Å². The van der Waals surface area contributed by atoms with E-state index in [9.17, 15) is 0 Å². The summed E-state index contributed by atoms with van der Waals surface area (Å²) in [6, 6.07) is 8.29. The van der Waals surface area contributed by atoms with Gasteiger partial charge in [-0.15, -0.1) is 0 Å². The molecule has 1 aromatic rings. The topological polar surface area (TPSA) is 52.0 Å². The monoisotopic (exact) mass is 257 g/mol. The van der Waals surface area contributed by atoms with Gasteiger partial charge in [-0.1, -0.05) is 24.3 Å². The zero-order valence-electron chi connectivity index (χ0n) is 11.1. The molecule has 1 saturated heterocycles. The maximum Gasteiger partial charge on any atom is 0.191 e. The van der Waals surface area contributed by atoms with Gasteiger partial charge >= 0.3 is 0 Å². The molecule has 5 nitrogen and oxygen atoms in total. The van der Waals surface area contributed by atoms with Gasteiger partial charge in [-0.25, -0.2) is 4.99 Å². The Kier molecular flexibility index (Phi) is 3.57. The largest absolute Gasteiger partial charge is 0.314 e. The second-order valence-corrected chi connectivity index (χ2v) is 4.88. The van der Waals surface area contributed by atoms with E-state index >= 15 is 0 Å². The zero-order chi connectivity index (χ0) is 13.1. The zero-order valence-corrected chi connectivity index (χ0v) is 11.1. The van der Waals surface area contributed by atoms with Crippen molar-refractivity contribution in [3.63, 3.8) is 0 Å². The summed E-state index contributed by atoms with van der Waals surface area (Å²) in [5, 5.41) is 7.61. The first-order chi connectivity index (χ1) is 9.34. The average molecular weight is 257 g/mol. The van der Waals surface area contributed by atoms with Crippen molar-refractivity contribution in [1.82, 2.24) is 15.6 Å². The predicted octanol–water partition coefficient (Wildman–Crippen LogP) is 0.562. The van der Waals surface area contributed by atoms with Gasteiger partial charge in [0, 0.05) is 31.7 Å². The minimum atomic E-state index is -0.0401. The lowest BCUT2D eigenvalue weighted by atomic mass is 10.0. The Morgan fingerprint density at radius 3 is 2.79 bits per heavy atom. The molecule has 0 saturated carbocycles. The lowest BCUT2D eigenvalue weighted by Gasteiger charge is -2.33. The molecule has 5 heteroatoms. The number of hydrazone groups is 1. The van der Waals surface area contributed by atoms with Crippen LogP contribution in [0.25, 0.3) is 0 Å². The van der Waals surface area contributed by atoms with Gasteiger partial charge < -0.3 is 5.32 Å². The molecule has 1 unspecified atom stereocenters. The first-order valence-corrected chi connectivity index (χ1v) is 6.72. The molecule has 0 amide bonds. The summed E-state index contributed by atoms with van der Waals surface area (Å²) >= 11 is 0. The Morgan fingerprint density at radius 2 is 2.00 bits per heavy atom. The Balaban J connectivity index is 1.83. The number of hydrogen-bond acceptors (Lipinski definition) is 5. The van der Waals surface area contributed by atoms with Crippen LogP contribution in [0.4, 0.5) is 0 Å². The van der Waals surface area contributed by atoms with Gasteiger partial charge in [-0.05, 0) is 12.5 Å². The van der Waals surface area contributed by atoms with Crippen LogP contribution in [0.2, 0.25) is 0 Å². The van der Waals surface area contributed by atoms with E-state index in [-0.39, 0.29) is 6.29 Å². The molecule has 1 aromatic carbocycles. The van der Waals surface area contributed by atoms with Crippen molar-refractivity contribution in [3.8, 4) is 0 Å². The summed E-state index contributed by atoms with van der Waals surface area (Å²) in [7, 11) is 0. The molecule has 3 rings (SSSR count). The van der Waals surface area contributed by atoms with Gasteiger partial charge in [0.15, 0.2) is 6.29 Å². The van der Waals surface area contributed by atoms with E-state index in [1.54, 1.807) is 6.21 Å². The normalized spacial score (nSPS) is 23.8. The molecule has 0 radical (unpaired) electrons. The summed E-state index contributed by atoms with van der Waals surface area (Å²) in [6.07, 6.45) is 1.77. The maximum atomic E-state index is 4.79.